The Hall–Kier alpha value is 1.06. The topological polar surface area (TPSA) is 345 Å². The predicted molar refractivity (Wildman–Crippen MR) is 158 cm³/mol. The number of ether oxygens (including phenoxy) is 1. The summed E-state index contributed by atoms with van der Waals surface area (Å²) in [6, 6.07) is 0. The van der Waals surface area contributed by atoms with E-state index >= 15 is 0 Å². The lowest BCUT2D eigenvalue weighted by atomic mass is 10.2. The number of phosphoric acid groups is 5. The lowest BCUT2D eigenvalue weighted by Gasteiger charge is -2.32. The van der Waals surface area contributed by atoms with Crippen LogP contribution in [0, 0.1) is 0 Å². The zero-order valence-corrected chi connectivity index (χ0v) is 32.0. The molecule has 0 saturated heterocycles. The second-order valence-corrected chi connectivity index (χ2v) is 17.9. The summed E-state index contributed by atoms with van der Waals surface area (Å²) in [5, 5.41) is 8.65. The Morgan fingerprint density at radius 2 is 1.10 bits per heavy atom. The fourth-order valence-corrected chi connectivity index (χ4v) is 8.10. The van der Waals surface area contributed by atoms with Gasteiger partial charge in [0.2, 0.25) is 0 Å². The lowest BCUT2D eigenvalue weighted by molar-refractivity contribution is -0.244. The Labute approximate surface area is 289 Å². The van der Waals surface area contributed by atoms with Crippen LogP contribution in [0.5, 0.6) is 0 Å². The molecule has 8 unspecified atom stereocenters. The quantitative estimate of drug-likeness (QED) is 0.0255. The summed E-state index contributed by atoms with van der Waals surface area (Å²) in [6.07, 6.45) is -4.16. The van der Waals surface area contributed by atoms with Gasteiger partial charge >= 0.3 is 0 Å². The molecule has 31 heteroatoms. The molecule has 0 aliphatic carbocycles. The molecule has 0 radical (unpaired) electrons. The third kappa shape index (κ3) is 29.1. The van der Waals surface area contributed by atoms with Crippen LogP contribution in [-0.4, -0.2) is 86.6 Å². The maximum atomic E-state index is 12.3. The Morgan fingerprint density at radius 3 is 1.57 bits per heavy atom. The van der Waals surface area contributed by atoms with Crippen molar-refractivity contribution < 1.29 is 107 Å². The second kappa shape index (κ2) is 26.0. The Morgan fingerprint density at radius 1 is 0.653 bits per heavy atom. The van der Waals surface area contributed by atoms with Gasteiger partial charge in [-0.3, -0.25) is 22.8 Å². The van der Waals surface area contributed by atoms with E-state index in [9.17, 15) is 51.8 Å². The molecule has 0 aromatic rings. The first kappa shape index (κ1) is 50.1. The average Bonchev–Trinajstić information content (AvgIpc) is 2.97. The van der Waals surface area contributed by atoms with Crippen molar-refractivity contribution >= 4 is 60.7 Å². The second-order valence-electron chi connectivity index (χ2n) is 8.83. The third-order valence-corrected chi connectivity index (χ3v) is 11.0. The minimum absolute atomic E-state index is 0.00103. The fraction of sp³-hybridized carbons (Fsp3) is 1.00. The standard InChI is InChI=1S/C18H43FNO22P5S2/c1-3-5-16(11-37-45(27,28)39-15-49-48-14-21)41-46(29,30)35-8-7-34-44(25,26)36-10-17(6-4-2)42-47(31,32)38-12-18(9-33-13-20-19)40-43(22,23)24/h16-18,20-21H,3-15H2,1-2H3,(H,25,26)(H,27,28)(H,29,30)(H,31,32)(H2,22,23,24)/p-5. The number of nitrogens with one attached hydrogen (secondary N) is 1. The molecular formula is C18H38FNO22P5S2-5. The molecule has 0 aliphatic rings. The number of rotatable bonds is 33. The van der Waals surface area contributed by atoms with Gasteiger partial charge in [-0.05, 0) is 12.8 Å². The van der Waals surface area contributed by atoms with Crippen molar-refractivity contribution in [1.82, 2.24) is 5.54 Å². The van der Waals surface area contributed by atoms with E-state index in [4.69, 9.17) is 19.0 Å². The number of aliphatic hydroxyl groups excluding tert-OH is 1. The summed E-state index contributed by atoms with van der Waals surface area (Å²) in [5.41, 5.74) is 1.06. The first-order valence-electron chi connectivity index (χ1n) is 13.7. The van der Waals surface area contributed by atoms with Crippen LogP contribution < -0.4 is 30.0 Å². The summed E-state index contributed by atoms with van der Waals surface area (Å²) in [4.78, 5) is 68.2. The first-order chi connectivity index (χ1) is 22.7. The molecule has 0 aliphatic heterocycles. The Kier molecular flexibility index (Phi) is 26.5. The van der Waals surface area contributed by atoms with Crippen molar-refractivity contribution in [2.75, 3.05) is 58.2 Å². The van der Waals surface area contributed by atoms with Gasteiger partial charge in [-0.15, -0.1) is 10.0 Å². The van der Waals surface area contributed by atoms with Crippen LogP contribution in [0.3, 0.4) is 0 Å². The fourth-order valence-electron chi connectivity index (χ4n) is 2.98. The van der Waals surface area contributed by atoms with E-state index in [2.05, 4.69) is 36.4 Å². The molecule has 49 heavy (non-hydrogen) atoms. The van der Waals surface area contributed by atoms with E-state index < -0.39 is 104 Å². The van der Waals surface area contributed by atoms with Crippen LogP contribution in [0.2, 0.25) is 0 Å². The van der Waals surface area contributed by atoms with Crippen molar-refractivity contribution in [3.05, 3.63) is 0 Å². The first-order valence-corrected chi connectivity index (χ1v) is 23.5. The van der Waals surface area contributed by atoms with Crippen LogP contribution in [0.4, 0.5) is 4.48 Å². The summed E-state index contributed by atoms with van der Waals surface area (Å²) in [6.45, 7) is -2.99. The van der Waals surface area contributed by atoms with Gasteiger partial charge in [0.05, 0.1) is 57.8 Å². The minimum atomic E-state index is -5.41. The highest BCUT2D eigenvalue weighted by Gasteiger charge is 2.25. The SMILES string of the molecule is CCCC(COP(=O)([O-])OCSSCO)OP(=O)([O-])OCCOP(=O)([O-])OCC(CCC)OP(=O)([O-])OCC(COCNF)OP(=O)([O-])O. The van der Waals surface area contributed by atoms with Gasteiger partial charge in [0.1, 0.15) is 18.8 Å². The molecule has 0 saturated carbocycles. The van der Waals surface area contributed by atoms with Crippen molar-refractivity contribution in [2.24, 2.45) is 0 Å². The predicted octanol–water partition coefficient (Wildman–Crippen LogP) is -0.0870. The highest BCUT2D eigenvalue weighted by molar-refractivity contribution is 8.76. The largest absolute Gasteiger partial charge is 0.756 e. The van der Waals surface area contributed by atoms with Crippen LogP contribution >= 0.6 is 60.7 Å². The van der Waals surface area contributed by atoms with E-state index in [0.717, 1.165) is 27.1 Å². The van der Waals surface area contributed by atoms with Gasteiger partial charge in [0.25, 0.3) is 39.1 Å². The minimum Gasteiger partial charge on any atom is -0.756 e. The highest BCUT2D eigenvalue weighted by atomic mass is 33.1. The molecule has 23 nitrogen and oxygen atoms in total. The zero-order valence-electron chi connectivity index (χ0n) is 25.9. The Balaban J connectivity index is 4.89. The van der Waals surface area contributed by atoms with Crippen molar-refractivity contribution in [3.63, 3.8) is 0 Å². The maximum Gasteiger partial charge on any atom is 0.268 e. The van der Waals surface area contributed by atoms with E-state index in [1.807, 2.05) is 0 Å². The molecule has 8 atom stereocenters. The molecule has 0 rings (SSSR count). The Bertz CT molecular complexity index is 1140. The average molecular weight is 858 g/mol. The summed E-state index contributed by atoms with van der Waals surface area (Å²) in [7, 11) is -24.2. The molecule has 0 aromatic carbocycles. The van der Waals surface area contributed by atoms with Gasteiger partial charge in [0, 0.05) is 0 Å². The molecule has 0 amide bonds. The van der Waals surface area contributed by atoms with Crippen molar-refractivity contribution in [2.45, 2.75) is 57.8 Å². The molecule has 3 N–H and O–H groups in total. The maximum absolute atomic E-state index is 12.3. The molecule has 0 fully saturated rings. The molecule has 0 bridgehead atoms. The zero-order chi connectivity index (χ0) is 37.6. The molecule has 0 spiro atoms. The summed E-state index contributed by atoms with van der Waals surface area (Å²) in [5.74, 6) is -0.684. The molecule has 0 aromatic heterocycles. The number of hydrogen-bond acceptors (Lipinski definition) is 24. The molecule has 296 valence electrons. The van der Waals surface area contributed by atoms with Crippen LogP contribution in [-0.2, 0) is 68.3 Å². The van der Waals surface area contributed by atoms with E-state index in [1.54, 1.807) is 13.8 Å². The van der Waals surface area contributed by atoms with Gasteiger partial charge in [-0.25, -0.2) is 0 Å². The monoisotopic (exact) mass is 858 g/mol. The normalized spacial score (nSPS) is 20.3. The number of hydrogen-bond donors (Lipinski definition) is 3. The van der Waals surface area contributed by atoms with E-state index in [1.165, 1.54) is 0 Å². The number of halogens is 1. The van der Waals surface area contributed by atoms with Crippen LogP contribution in [0.1, 0.15) is 39.5 Å². The van der Waals surface area contributed by atoms with Crippen molar-refractivity contribution in [1.29, 1.82) is 0 Å². The molecular weight excluding hydrogens is 820 g/mol. The molecule has 0 heterocycles. The van der Waals surface area contributed by atoms with Gasteiger partial charge in [0.15, 0.2) is 0 Å². The van der Waals surface area contributed by atoms with Crippen LogP contribution in [0.15, 0.2) is 0 Å². The van der Waals surface area contributed by atoms with E-state index in [-0.39, 0.29) is 31.1 Å². The highest BCUT2D eigenvalue weighted by Crippen LogP contribution is 2.46. The van der Waals surface area contributed by atoms with Gasteiger partial charge < -0.3 is 79.9 Å². The van der Waals surface area contributed by atoms with Crippen molar-refractivity contribution in [3.8, 4) is 0 Å². The summed E-state index contributed by atoms with van der Waals surface area (Å²) >= 11 is 0. The van der Waals surface area contributed by atoms with Gasteiger partial charge in [-0.1, -0.05) is 48.3 Å². The number of phosphoric ester groups is 5. The summed E-state index contributed by atoms with van der Waals surface area (Å²) < 4.78 is 117. The number of aliphatic hydroxyl groups is 1. The third-order valence-electron chi connectivity index (χ3n) is 4.75. The van der Waals surface area contributed by atoms with E-state index in [0.29, 0.717) is 6.42 Å². The van der Waals surface area contributed by atoms with Crippen LogP contribution in [0.25, 0.3) is 0 Å². The van der Waals surface area contributed by atoms with Gasteiger partial charge in [-0.2, -0.15) is 0 Å². The smallest absolute Gasteiger partial charge is 0.268 e. The lowest BCUT2D eigenvalue weighted by Crippen LogP contribution is -2.30.